The Bertz CT molecular complexity index is 541. The SMILES string of the molecule is CCO[Si](c1ccc(C)cc1)(c1ccc(C)cc1)C(C)CC. The summed E-state index contributed by atoms with van der Waals surface area (Å²) in [5.41, 5.74) is 3.14. The maximum Gasteiger partial charge on any atom is 0.258 e. The summed E-state index contributed by atoms with van der Waals surface area (Å²) in [6.45, 7) is 11.8. The van der Waals surface area contributed by atoms with Gasteiger partial charge in [0.25, 0.3) is 8.32 Å². The normalized spacial score (nSPS) is 13.1. The van der Waals surface area contributed by atoms with Crippen LogP contribution in [-0.2, 0) is 4.43 Å². The third-order valence-electron chi connectivity index (χ3n) is 4.64. The minimum Gasteiger partial charge on any atom is -0.408 e. The fraction of sp³-hybridized carbons (Fsp3) is 0.400. The van der Waals surface area contributed by atoms with Crippen LogP contribution >= 0.6 is 0 Å². The highest BCUT2D eigenvalue weighted by Gasteiger charge is 2.43. The molecule has 0 fully saturated rings. The first kappa shape index (κ1) is 17.0. The van der Waals surface area contributed by atoms with E-state index >= 15 is 0 Å². The summed E-state index contributed by atoms with van der Waals surface area (Å²) >= 11 is 0. The van der Waals surface area contributed by atoms with Gasteiger partial charge in [0.15, 0.2) is 0 Å². The molecule has 0 aliphatic rings. The first-order valence-electron chi connectivity index (χ1n) is 8.32. The van der Waals surface area contributed by atoms with Gasteiger partial charge in [-0.1, -0.05) is 79.9 Å². The zero-order chi connectivity index (χ0) is 16.2. The Morgan fingerprint density at radius 1 is 0.818 bits per heavy atom. The summed E-state index contributed by atoms with van der Waals surface area (Å²) in [6.07, 6.45) is 1.13. The first-order valence-corrected chi connectivity index (χ1v) is 10.3. The van der Waals surface area contributed by atoms with Gasteiger partial charge in [-0.2, -0.15) is 0 Å². The molecule has 0 aliphatic carbocycles. The van der Waals surface area contributed by atoms with Gasteiger partial charge in [-0.3, -0.25) is 0 Å². The molecule has 0 saturated carbocycles. The van der Waals surface area contributed by atoms with Crippen molar-refractivity contribution in [1.82, 2.24) is 0 Å². The molecule has 1 unspecified atom stereocenters. The molecule has 0 aliphatic heterocycles. The van der Waals surface area contributed by atoms with Gasteiger partial charge >= 0.3 is 0 Å². The zero-order valence-corrected chi connectivity index (χ0v) is 15.5. The Hall–Kier alpha value is -1.38. The molecule has 2 aromatic carbocycles. The molecule has 0 bridgehead atoms. The van der Waals surface area contributed by atoms with Gasteiger partial charge in [0, 0.05) is 6.61 Å². The van der Waals surface area contributed by atoms with E-state index in [0.717, 1.165) is 13.0 Å². The number of benzene rings is 2. The second kappa shape index (κ2) is 7.25. The van der Waals surface area contributed by atoms with Crippen LogP contribution in [0.1, 0.15) is 38.3 Å². The summed E-state index contributed by atoms with van der Waals surface area (Å²) in [7, 11) is -2.20. The van der Waals surface area contributed by atoms with Gasteiger partial charge in [0.05, 0.1) is 0 Å². The Labute approximate surface area is 136 Å². The largest absolute Gasteiger partial charge is 0.408 e. The number of hydrogen-bond acceptors (Lipinski definition) is 1. The van der Waals surface area contributed by atoms with E-state index in [0.29, 0.717) is 5.54 Å². The molecule has 0 amide bonds. The molecular weight excluding hydrogens is 284 g/mol. The van der Waals surface area contributed by atoms with Crippen molar-refractivity contribution in [1.29, 1.82) is 0 Å². The molecular formula is C20H28OSi. The van der Waals surface area contributed by atoms with Crippen LogP contribution in [0.15, 0.2) is 48.5 Å². The Morgan fingerprint density at radius 3 is 1.55 bits per heavy atom. The van der Waals surface area contributed by atoms with Crippen molar-refractivity contribution >= 4 is 18.7 Å². The monoisotopic (exact) mass is 312 g/mol. The van der Waals surface area contributed by atoms with Crippen LogP contribution in [0, 0.1) is 13.8 Å². The predicted octanol–water partition coefficient (Wildman–Crippen LogP) is 4.20. The fourth-order valence-corrected chi connectivity index (χ4v) is 7.61. The van der Waals surface area contributed by atoms with Gasteiger partial charge in [-0.15, -0.1) is 0 Å². The summed E-state index contributed by atoms with van der Waals surface area (Å²) in [6, 6.07) is 18.0. The second-order valence-electron chi connectivity index (χ2n) is 6.21. The van der Waals surface area contributed by atoms with E-state index in [4.69, 9.17) is 4.43 Å². The van der Waals surface area contributed by atoms with Crippen molar-refractivity contribution in [2.45, 2.75) is 46.6 Å². The molecule has 22 heavy (non-hydrogen) atoms. The van der Waals surface area contributed by atoms with Crippen LogP contribution in [0.5, 0.6) is 0 Å². The van der Waals surface area contributed by atoms with Crippen molar-refractivity contribution in [3.8, 4) is 0 Å². The van der Waals surface area contributed by atoms with Crippen LogP contribution in [0.4, 0.5) is 0 Å². The maximum absolute atomic E-state index is 6.57. The summed E-state index contributed by atoms with van der Waals surface area (Å²) in [5.74, 6) is 0. The lowest BCUT2D eigenvalue weighted by atomic mass is 10.2. The highest BCUT2D eigenvalue weighted by molar-refractivity contribution is 6.98. The smallest absolute Gasteiger partial charge is 0.258 e. The molecule has 2 rings (SSSR count). The van der Waals surface area contributed by atoms with E-state index in [-0.39, 0.29) is 0 Å². The molecule has 2 aromatic rings. The zero-order valence-electron chi connectivity index (χ0n) is 14.5. The maximum atomic E-state index is 6.57. The van der Waals surface area contributed by atoms with Crippen molar-refractivity contribution in [2.24, 2.45) is 0 Å². The van der Waals surface area contributed by atoms with Crippen LogP contribution in [0.25, 0.3) is 0 Å². The summed E-state index contributed by atoms with van der Waals surface area (Å²) < 4.78 is 6.57. The molecule has 0 spiro atoms. The van der Waals surface area contributed by atoms with E-state index in [9.17, 15) is 0 Å². The van der Waals surface area contributed by atoms with Gasteiger partial charge in [-0.05, 0) is 36.7 Å². The summed E-state index contributed by atoms with van der Waals surface area (Å²) in [4.78, 5) is 0. The lowest BCUT2D eigenvalue weighted by molar-refractivity contribution is 0.330. The highest BCUT2D eigenvalue weighted by Crippen LogP contribution is 2.26. The first-order chi connectivity index (χ1) is 10.5. The third-order valence-corrected chi connectivity index (χ3v) is 9.56. The van der Waals surface area contributed by atoms with Gasteiger partial charge in [-0.25, -0.2) is 0 Å². The molecule has 0 aromatic heterocycles. The molecule has 1 nitrogen and oxygen atoms in total. The fourth-order valence-electron chi connectivity index (χ4n) is 3.16. The number of rotatable bonds is 6. The highest BCUT2D eigenvalue weighted by atomic mass is 28.4. The van der Waals surface area contributed by atoms with Gasteiger partial charge in [0.2, 0.25) is 0 Å². The quantitative estimate of drug-likeness (QED) is 0.726. The predicted molar refractivity (Wildman–Crippen MR) is 98.7 cm³/mol. The molecule has 1 atom stereocenters. The van der Waals surface area contributed by atoms with Crippen molar-refractivity contribution in [3.63, 3.8) is 0 Å². The van der Waals surface area contributed by atoms with E-state index in [1.54, 1.807) is 0 Å². The molecule has 0 heterocycles. The average molecular weight is 313 g/mol. The topological polar surface area (TPSA) is 9.23 Å². The van der Waals surface area contributed by atoms with Crippen molar-refractivity contribution in [2.75, 3.05) is 6.61 Å². The van der Waals surface area contributed by atoms with Crippen LogP contribution in [-0.4, -0.2) is 14.9 Å². The minimum absolute atomic E-state index is 0.540. The van der Waals surface area contributed by atoms with Crippen molar-refractivity contribution < 1.29 is 4.43 Å². The second-order valence-corrected chi connectivity index (χ2v) is 10.1. The van der Waals surface area contributed by atoms with E-state index in [2.05, 4.69) is 83.1 Å². The Morgan fingerprint density at radius 2 is 1.23 bits per heavy atom. The molecule has 0 N–H and O–H groups in total. The van der Waals surface area contributed by atoms with E-state index < -0.39 is 8.32 Å². The molecule has 118 valence electrons. The van der Waals surface area contributed by atoms with E-state index in [1.165, 1.54) is 21.5 Å². The van der Waals surface area contributed by atoms with Crippen LogP contribution in [0.2, 0.25) is 5.54 Å². The Balaban J connectivity index is 2.64. The number of hydrogen-bond donors (Lipinski definition) is 0. The standard InChI is InChI=1S/C20H28OSi/c1-6-18(5)22(21-7-2,19-12-8-16(3)9-13-19)20-14-10-17(4)11-15-20/h8-15,18H,6-7H2,1-5H3. The number of aryl methyl sites for hydroxylation is 2. The minimum atomic E-state index is -2.20. The molecule has 2 heteroatoms. The summed E-state index contributed by atoms with van der Waals surface area (Å²) in [5, 5.41) is 2.77. The van der Waals surface area contributed by atoms with Gasteiger partial charge < -0.3 is 4.43 Å². The van der Waals surface area contributed by atoms with Gasteiger partial charge in [0.1, 0.15) is 0 Å². The average Bonchev–Trinajstić information content (AvgIpc) is 2.54. The lowest BCUT2D eigenvalue weighted by Gasteiger charge is -2.37. The van der Waals surface area contributed by atoms with Crippen LogP contribution < -0.4 is 10.4 Å². The lowest BCUT2D eigenvalue weighted by Crippen LogP contribution is -2.63. The van der Waals surface area contributed by atoms with E-state index in [1.807, 2.05) is 0 Å². The van der Waals surface area contributed by atoms with Crippen LogP contribution in [0.3, 0.4) is 0 Å². The molecule has 0 radical (unpaired) electrons. The Kier molecular flexibility index (Phi) is 5.60. The molecule has 0 saturated heterocycles. The third kappa shape index (κ3) is 3.18. The van der Waals surface area contributed by atoms with Crippen molar-refractivity contribution in [3.05, 3.63) is 59.7 Å².